The van der Waals surface area contributed by atoms with E-state index in [0.29, 0.717) is 18.1 Å². The van der Waals surface area contributed by atoms with Gasteiger partial charge in [0.2, 0.25) is 0 Å². The van der Waals surface area contributed by atoms with Crippen LogP contribution in [-0.4, -0.2) is 16.6 Å². The second-order valence-electron chi connectivity index (χ2n) is 3.92. The fourth-order valence-corrected chi connectivity index (χ4v) is 1.96. The number of hydrogen-bond donors (Lipinski definition) is 2. The van der Waals surface area contributed by atoms with Crippen molar-refractivity contribution >= 4 is 0 Å². The van der Waals surface area contributed by atoms with Crippen LogP contribution in [0.15, 0.2) is 10.9 Å². The highest BCUT2D eigenvalue weighted by Gasteiger charge is 2.31. The van der Waals surface area contributed by atoms with Crippen LogP contribution in [0, 0.1) is 0 Å². The van der Waals surface area contributed by atoms with Crippen LogP contribution < -0.4 is 11.3 Å². The van der Waals surface area contributed by atoms with Crippen molar-refractivity contribution in [3.63, 3.8) is 0 Å². The standard InChI is InChI=1S/C12H21N3O2/c1-4-12(5-2,17-6-3)11-14-9(8-13)7-10(16)15-11/h7H,4-6,8,13H2,1-3H3,(H,14,15,16). The number of hydrogen-bond acceptors (Lipinski definition) is 4. The zero-order chi connectivity index (χ0) is 12.9. The maximum atomic E-state index is 11.5. The summed E-state index contributed by atoms with van der Waals surface area (Å²) in [6.07, 6.45) is 1.52. The van der Waals surface area contributed by atoms with Gasteiger partial charge in [-0.15, -0.1) is 0 Å². The van der Waals surface area contributed by atoms with Gasteiger partial charge in [-0.3, -0.25) is 4.79 Å². The molecule has 0 spiro atoms. The number of aromatic amines is 1. The molecule has 0 aliphatic carbocycles. The molecule has 1 heterocycles. The van der Waals surface area contributed by atoms with Gasteiger partial charge >= 0.3 is 0 Å². The van der Waals surface area contributed by atoms with E-state index in [4.69, 9.17) is 10.5 Å². The highest BCUT2D eigenvalue weighted by atomic mass is 16.5. The average Bonchev–Trinajstić information content (AvgIpc) is 2.35. The predicted octanol–water partition coefficient (Wildman–Crippen LogP) is 1.28. The molecule has 0 saturated carbocycles. The first kappa shape index (κ1) is 13.9. The van der Waals surface area contributed by atoms with Gasteiger partial charge in [-0.2, -0.15) is 0 Å². The molecule has 17 heavy (non-hydrogen) atoms. The van der Waals surface area contributed by atoms with E-state index in [9.17, 15) is 4.79 Å². The minimum absolute atomic E-state index is 0.179. The molecule has 0 radical (unpaired) electrons. The Hall–Kier alpha value is -1.20. The van der Waals surface area contributed by atoms with Crippen LogP contribution in [0.2, 0.25) is 0 Å². The van der Waals surface area contributed by atoms with Gasteiger partial charge in [0.1, 0.15) is 11.4 Å². The van der Waals surface area contributed by atoms with Crippen LogP contribution in [0.5, 0.6) is 0 Å². The second kappa shape index (κ2) is 5.93. The van der Waals surface area contributed by atoms with E-state index in [0.717, 1.165) is 12.8 Å². The Kier molecular flexibility index (Phi) is 4.84. The minimum Gasteiger partial charge on any atom is -0.367 e. The lowest BCUT2D eigenvalue weighted by Crippen LogP contribution is -2.33. The molecule has 5 nitrogen and oxygen atoms in total. The molecule has 0 aromatic carbocycles. The monoisotopic (exact) mass is 239 g/mol. The third-order valence-corrected chi connectivity index (χ3v) is 3.00. The van der Waals surface area contributed by atoms with Crippen LogP contribution in [0.4, 0.5) is 0 Å². The predicted molar refractivity (Wildman–Crippen MR) is 66.6 cm³/mol. The summed E-state index contributed by atoms with van der Waals surface area (Å²) in [4.78, 5) is 18.7. The Morgan fingerprint density at radius 1 is 1.41 bits per heavy atom. The van der Waals surface area contributed by atoms with Crippen LogP contribution in [0.3, 0.4) is 0 Å². The highest BCUT2D eigenvalue weighted by molar-refractivity contribution is 5.08. The van der Waals surface area contributed by atoms with Crippen LogP contribution in [0.1, 0.15) is 45.1 Å². The lowest BCUT2D eigenvalue weighted by Gasteiger charge is -2.30. The van der Waals surface area contributed by atoms with Crippen molar-refractivity contribution < 1.29 is 4.74 Å². The average molecular weight is 239 g/mol. The van der Waals surface area contributed by atoms with Crippen molar-refractivity contribution in [1.29, 1.82) is 0 Å². The number of rotatable bonds is 6. The summed E-state index contributed by atoms with van der Waals surface area (Å²) in [5, 5.41) is 0. The zero-order valence-corrected chi connectivity index (χ0v) is 10.7. The summed E-state index contributed by atoms with van der Waals surface area (Å²) in [6.45, 7) is 6.82. The fourth-order valence-electron chi connectivity index (χ4n) is 1.96. The van der Waals surface area contributed by atoms with Gasteiger partial charge in [0.25, 0.3) is 5.56 Å². The van der Waals surface area contributed by atoms with Crippen LogP contribution >= 0.6 is 0 Å². The Balaban J connectivity index is 3.26. The summed E-state index contributed by atoms with van der Waals surface area (Å²) in [6, 6.07) is 1.42. The molecular weight excluding hydrogens is 218 g/mol. The van der Waals surface area contributed by atoms with Crippen LogP contribution in [0.25, 0.3) is 0 Å². The summed E-state index contributed by atoms with van der Waals surface area (Å²) < 4.78 is 5.80. The first-order valence-electron chi connectivity index (χ1n) is 6.06. The second-order valence-corrected chi connectivity index (χ2v) is 3.92. The molecule has 0 amide bonds. The third-order valence-electron chi connectivity index (χ3n) is 3.00. The molecule has 0 aliphatic heterocycles. The van der Waals surface area contributed by atoms with E-state index in [1.165, 1.54) is 6.07 Å². The van der Waals surface area contributed by atoms with Gasteiger partial charge in [0.05, 0.1) is 5.69 Å². The Labute approximate surface area is 101 Å². The topological polar surface area (TPSA) is 81.0 Å². The van der Waals surface area contributed by atoms with Crippen molar-refractivity contribution in [3.05, 3.63) is 27.9 Å². The van der Waals surface area contributed by atoms with Crippen molar-refractivity contribution in [1.82, 2.24) is 9.97 Å². The van der Waals surface area contributed by atoms with Crippen molar-refractivity contribution in [2.45, 2.75) is 45.8 Å². The fraction of sp³-hybridized carbons (Fsp3) is 0.667. The molecule has 0 fully saturated rings. The molecule has 0 unspecified atom stereocenters. The first-order chi connectivity index (χ1) is 8.11. The number of ether oxygens (including phenoxy) is 1. The zero-order valence-electron chi connectivity index (χ0n) is 10.7. The number of H-pyrrole nitrogens is 1. The van der Waals surface area contributed by atoms with E-state index < -0.39 is 5.60 Å². The molecule has 0 saturated heterocycles. The molecule has 0 atom stereocenters. The minimum atomic E-state index is -0.515. The summed E-state index contributed by atoms with van der Waals surface area (Å²) in [5.41, 5.74) is 5.43. The molecule has 3 N–H and O–H groups in total. The largest absolute Gasteiger partial charge is 0.367 e. The Morgan fingerprint density at radius 3 is 2.53 bits per heavy atom. The van der Waals surface area contributed by atoms with Gasteiger partial charge < -0.3 is 15.5 Å². The van der Waals surface area contributed by atoms with E-state index in [2.05, 4.69) is 9.97 Å². The molecular formula is C12H21N3O2. The van der Waals surface area contributed by atoms with Gasteiger partial charge in [-0.05, 0) is 19.8 Å². The lowest BCUT2D eigenvalue weighted by molar-refractivity contribution is -0.0574. The van der Waals surface area contributed by atoms with Crippen LogP contribution in [-0.2, 0) is 16.9 Å². The van der Waals surface area contributed by atoms with Gasteiger partial charge in [0.15, 0.2) is 0 Å². The third kappa shape index (κ3) is 2.92. The molecule has 1 aromatic heterocycles. The SMILES string of the molecule is CCOC(CC)(CC)c1nc(CN)cc(=O)[nH]1. The summed E-state index contributed by atoms with van der Waals surface area (Å²) >= 11 is 0. The smallest absolute Gasteiger partial charge is 0.251 e. The van der Waals surface area contributed by atoms with Crippen molar-refractivity contribution in [3.8, 4) is 0 Å². The van der Waals surface area contributed by atoms with E-state index in [-0.39, 0.29) is 12.1 Å². The number of nitrogens with two attached hydrogens (primary N) is 1. The lowest BCUT2D eigenvalue weighted by atomic mass is 9.95. The molecule has 0 aliphatic rings. The van der Waals surface area contributed by atoms with Crippen molar-refractivity contribution in [2.24, 2.45) is 5.73 Å². The number of nitrogens with one attached hydrogen (secondary N) is 1. The maximum Gasteiger partial charge on any atom is 0.251 e. The van der Waals surface area contributed by atoms with Gasteiger partial charge in [0, 0.05) is 19.2 Å². The first-order valence-corrected chi connectivity index (χ1v) is 6.06. The van der Waals surface area contributed by atoms with Crippen molar-refractivity contribution in [2.75, 3.05) is 6.61 Å². The highest BCUT2D eigenvalue weighted by Crippen LogP contribution is 2.29. The van der Waals surface area contributed by atoms with Gasteiger partial charge in [-0.1, -0.05) is 13.8 Å². The number of aromatic nitrogens is 2. The Morgan fingerprint density at radius 2 is 2.06 bits per heavy atom. The Bertz CT molecular complexity index is 410. The van der Waals surface area contributed by atoms with E-state index in [1.807, 2.05) is 20.8 Å². The van der Waals surface area contributed by atoms with E-state index in [1.54, 1.807) is 0 Å². The summed E-state index contributed by atoms with van der Waals surface area (Å²) in [7, 11) is 0. The molecule has 96 valence electrons. The molecule has 1 aromatic rings. The quantitative estimate of drug-likeness (QED) is 0.783. The van der Waals surface area contributed by atoms with Gasteiger partial charge in [-0.25, -0.2) is 4.98 Å². The maximum absolute atomic E-state index is 11.5. The number of nitrogens with zero attached hydrogens (tertiary/aromatic N) is 1. The molecule has 5 heteroatoms. The summed E-state index contributed by atoms with van der Waals surface area (Å²) in [5.74, 6) is 0.581. The molecule has 1 rings (SSSR count). The molecule has 0 bridgehead atoms. The normalized spacial score (nSPS) is 11.8. The van der Waals surface area contributed by atoms with E-state index >= 15 is 0 Å².